The molecule has 1 rings (SSSR count). The molecule has 1 atom stereocenters. The van der Waals surface area contributed by atoms with Crippen LogP contribution in [0.3, 0.4) is 0 Å². The van der Waals surface area contributed by atoms with E-state index in [0.29, 0.717) is 11.1 Å². The lowest BCUT2D eigenvalue weighted by molar-refractivity contribution is -0.159. The van der Waals surface area contributed by atoms with Gasteiger partial charge in [-0.3, -0.25) is 0 Å². The van der Waals surface area contributed by atoms with Crippen molar-refractivity contribution >= 4 is 12.1 Å². The summed E-state index contributed by atoms with van der Waals surface area (Å²) in [6, 6.07) is 2.95. The lowest BCUT2D eigenvalue weighted by atomic mass is 10.0. The van der Waals surface area contributed by atoms with Crippen molar-refractivity contribution in [2.45, 2.75) is 72.3 Å². The van der Waals surface area contributed by atoms with E-state index in [1.54, 1.807) is 47.6 Å². The van der Waals surface area contributed by atoms with Crippen molar-refractivity contribution in [2.24, 2.45) is 0 Å². The molecule has 164 valence electrons. The van der Waals surface area contributed by atoms with E-state index in [-0.39, 0.29) is 31.4 Å². The predicted molar refractivity (Wildman–Crippen MR) is 106 cm³/mol. The van der Waals surface area contributed by atoms with Crippen LogP contribution >= 0.6 is 0 Å². The van der Waals surface area contributed by atoms with Gasteiger partial charge in [-0.15, -0.1) is 0 Å². The summed E-state index contributed by atoms with van der Waals surface area (Å²) in [5.41, 5.74) is 0.283. The topological polar surface area (TPSA) is 83.1 Å². The highest BCUT2D eigenvalue weighted by Crippen LogP contribution is 2.26. The molecule has 1 unspecified atom stereocenters. The summed E-state index contributed by atoms with van der Waals surface area (Å²) in [5, 5.41) is 2.58. The van der Waals surface area contributed by atoms with Crippen molar-refractivity contribution in [3.63, 3.8) is 0 Å². The van der Waals surface area contributed by atoms with Crippen molar-refractivity contribution in [3.05, 3.63) is 29.1 Å². The van der Waals surface area contributed by atoms with Gasteiger partial charge in [-0.2, -0.15) is 0 Å². The Kier molecular flexibility index (Phi) is 9.36. The van der Waals surface area contributed by atoms with Crippen LogP contribution in [0, 0.1) is 5.82 Å². The maximum Gasteiger partial charge on any atom is 0.407 e. The number of esters is 1. The summed E-state index contributed by atoms with van der Waals surface area (Å²) in [6.45, 7) is 10.8. The minimum Gasteiger partial charge on any atom is -0.493 e. The highest BCUT2D eigenvalue weighted by Gasteiger charge is 2.24. The molecule has 0 heterocycles. The number of halogens is 1. The van der Waals surface area contributed by atoms with Gasteiger partial charge >= 0.3 is 12.1 Å². The Balaban J connectivity index is 3.04. The standard InChI is InChI=1S/C21H32FNO6/c1-8-27-19(24)17(28-13(2)3)11-14-9-15(18(26-7)16(22)10-14)12-23-20(25)29-21(4,5)6/h9-10,13,17H,8,11-12H2,1-7H3,(H,23,25). The van der Waals surface area contributed by atoms with Gasteiger partial charge in [0, 0.05) is 18.5 Å². The SMILES string of the molecule is CCOC(=O)C(Cc1cc(F)c(OC)c(CNC(=O)OC(C)(C)C)c1)OC(C)C. The van der Waals surface area contributed by atoms with Crippen LogP contribution in [0.2, 0.25) is 0 Å². The van der Waals surface area contributed by atoms with Crippen LogP contribution < -0.4 is 10.1 Å². The molecule has 1 N–H and O–H groups in total. The van der Waals surface area contributed by atoms with Crippen LogP contribution in [0.1, 0.15) is 52.7 Å². The second-order valence-electron chi connectivity index (χ2n) is 7.76. The minimum absolute atomic E-state index is 0.00203. The number of rotatable bonds is 9. The molecule has 0 radical (unpaired) electrons. The quantitative estimate of drug-likeness (QED) is 0.621. The van der Waals surface area contributed by atoms with E-state index >= 15 is 0 Å². The van der Waals surface area contributed by atoms with Gasteiger partial charge in [0.05, 0.1) is 19.8 Å². The molecule has 0 aliphatic carbocycles. The van der Waals surface area contributed by atoms with Gasteiger partial charge in [-0.05, 0) is 59.2 Å². The number of hydrogen-bond donors (Lipinski definition) is 1. The van der Waals surface area contributed by atoms with Gasteiger partial charge in [0.15, 0.2) is 17.7 Å². The smallest absolute Gasteiger partial charge is 0.407 e. The van der Waals surface area contributed by atoms with Crippen molar-refractivity contribution in [1.82, 2.24) is 5.32 Å². The highest BCUT2D eigenvalue weighted by atomic mass is 19.1. The molecule has 0 aromatic heterocycles. The average molecular weight is 413 g/mol. The average Bonchev–Trinajstić information content (AvgIpc) is 2.57. The number of methoxy groups -OCH3 is 1. The Morgan fingerprint density at radius 3 is 2.38 bits per heavy atom. The molecule has 7 nitrogen and oxygen atoms in total. The summed E-state index contributed by atoms with van der Waals surface area (Å²) in [7, 11) is 1.35. The number of carbonyl (C=O) groups is 2. The third kappa shape index (κ3) is 8.68. The summed E-state index contributed by atoms with van der Waals surface area (Å²) < 4.78 is 35.6. The van der Waals surface area contributed by atoms with Crippen LogP contribution in [0.15, 0.2) is 12.1 Å². The number of hydrogen-bond acceptors (Lipinski definition) is 6. The highest BCUT2D eigenvalue weighted by molar-refractivity contribution is 5.75. The van der Waals surface area contributed by atoms with Gasteiger partial charge in [-0.1, -0.05) is 0 Å². The number of benzene rings is 1. The molecule has 0 saturated heterocycles. The molecule has 29 heavy (non-hydrogen) atoms. The summed E-state index contributed by atoms with van der Waals surface area (Å²) >= 11 is 0. The maximum absolute atomic E-state index is 14.5. The van der Waals surface area contributed by atoms with Crippen molar-refractivity contribution < 1.29 is 32.9 Å². The zero-order valence-electron chi connectivity index (χ0n) is 18.3. The molecular weight excluding hydrogens is 381 g/mol. The lowest BCUT2D eigenvalue weighted by Crippen LogP contribution is -2.32. The Labute approximate surface area is 171 Å². The second-order valence-corrected chi connectivity index (χ2v) is 7.76. The van der Waals surface area contributed by atoms with Crippen LogP contribution in [0.5, 0.6) is 5.75 Å². The third-order valence-corrected chi connectivity index (χ3v) is 3.61. The van der Waals surface area contributed by atoms with Crippen molar-refractivity contribution in [1.29, 1.82) is 0 Å². The first-order chi connectivity index (χ1) is 13.5. The Hall–Kier alpha value is -2.35. The molecule has 0 saturated carbocycles. The molecule has 1 amide bonds. The normalized spacial score (nSPS) is 12.4. The van der Waals surface area contributed by atoms with Crippen LogP contribution in [0.25, 0.3) is 0 Å². The van der Waals surface area contributed by atoms with Gasteiger partial charge < -0.3 is 24.3 Å². The third-order valence-electron chi connectivity index (χ3n) is 3.61. The zero-order chi connectivity index (χ0) is 22.2. The molecule has 0 aliphatic heterocycles. The fourth-order valence-electron chi connectivity index (χ4n) is 2.64. The van der Waals surface area contributed by atoms with Crippen LogP contribution in [0.4, 0.5) is 9.18 Å². The molecule has 0 spiro atoms. The van der Waals surface area contributed by atoms with E-state index in [1.807, 2.05) is 0 Å². The molecule has 0 bridgehead atoms. The monoisotopic (exact) mass is 413 g/mol. The predicted octanol–water partition coefficient (Wildman–Crippen LogP) is 3.76. The van der Waals surface area contributed by atoms with Gasteiger partial charge in [-0.25, -0.2) is 14.0 Å². The van der Waals surface area contributed by atoms with E-state index in [4.69, 9.17) is 18.9 Å². The first-order valence-electron chi connectivity index (χ1n) is 9.61. The van der Waals surface area contributed by atoms with Gasteiger partial charge in [0.25, 0.3) is 0 Å². The largest absolute Gasteiger partial charge is 0.493 e. The van der Waals surface area contributed by atoms with Crippen molar-refractivity contribution in [3.8, 4) is 5.75 Å². The Bertz CT molecular complexity index is 699. The van der Waals surface area contributed by atoms with Crippen molar-refractivity contribution in [2.75, 3.05) is 13.7 Å². The van der Waals surface area contributed by atoms with E-state index in [2.05, 4.69) is 5.32 Å². The Morgan fingerprint density at radius 2 is 1.86 bits per heavy atom. The summed E-state index contributed by atoms with van der Waals surface area (Å²) in [4.78, 5) is 24.1. The Morgan fingerprint density at radius 1 is 1.21 bits per heavy atom. The van der Waals surface area contributed by atoms with Crippen LogP contribution in [-0.4, -0.2) is 43.6 Å². The molecule has 8 heteroatoms. The zero-order valence-corrected chi connectivity index (χ0v) is 18.3. The van der Waals surface area contributed by atoms with E-state index < -0.39 is 29.6 Å². The minimum atomic E-state index is -0.866. The van der Waals surface area contributed by atoms with Gasteiger partial charge in [0.1, 0.15) is 5.60 Å². The lowest BCUT2D eigenvalue weighted by Gasteiger charge is -2.21. The molecule has 1 aromatic carbocycles. The van der Waals surface area contributed by atoms with E-state index in [0.717, 1.165) is 0 Å². The molecule has 0 fully saturated rings. The number of nitrogens with one attached hydrogen (secondary N) is 1. The van der Waals surface area contributed by atoms with Gasteiger partial charge in [0.2, 0.25) is 0 Å². The maximum atomic E-state index is 14.5. The molecule has 0 aliphatic rings. The first kappa shape index (κ1) is 24.7. The fraction of sp³-hybridized carbons (Fsp3) is 0.619. The number of ether oxygens (including phenoxy) is 4. The number of amides is 1. The van der Waals surface area contributed by atoms with E-state index in [1.165, 1.54) is 13.2 Å². The number of carbonyl (C=O) groups excluding carboxylic acids is 2. The fourth-order valence-corrected chi connectivity index (χ4v) is 2.64. The summed E-state index contributed by atoms with van der Waals surface area (Å²) in [5.74, 6) is -1.09. The summed E-state index contributed by atoms with van der Waals surface area (Å²) in [6.07, 6.45) is -1.58. The van der Waals surface area contributed by atoms with Crippen LogP contribution in [-0.2, 0) is 32.0 Å². The second kappa shape index (κ2) is 11.0. The van der Waals surface area contributed by atoms with E-state index in [9.17, 15) is 14.0 Å². The number of alkyl carbamates (subject to hydrolysis) is 1. The first-order valence-corrected chi connectivity index (χ1v) is 9.61. The molecule has 1 aromatic rings. The molecular formula is C21H32FNO6.